The average Bonchev–Trinajstić information content (AvgIpc) is 2.34. The van der Waals surface area contributed by atoms with Gasteiger partial charge in [-0.3, -0.25) is 10.1 Å². The SMILES string of the molecule is Cc1cccc(C)c1Sc1ccccc1[N+](=O)[O-]. The minimum atomic E-state index is -0.337. The summed E-state index contributed by atoms with van der Waals surface area (Å²) >= 11 is 1.45. The summed E-state index contributed by atoms with van der Waals surface area (Å²) in [4.78, 5) is 12.4. The van der Waals surface area contributed by atoms with Crippen LogP contribution in [-0.4, -0.2) is 4.92 Å². The van der Waals surface area contributed by atoms with Gasteiger partial charge in [0.1, 0.15) is 0 Å². The van der Waals surface area contributed by atoms with E-state index in [4.69, 9.17) is 0 Å². The van der Waals surface area contributed by atoms with Crippen molar-refractivity contribution in [2.24, 2.45) is 0 Å². The Labute approximate surface area is 110 Å². The zero-order valence-corrected chi connectivity index (χ0v) is 11.0. The second kappa shape index (κ2) is 5.23. The predicted octanol–water partition coefficient (Wildman–Crippen LogP) is 4.36. The Morgan fingerprint density at radius 1 is 1.00 bits per heavy atom. The van der Waals surface area contributed by atoms with Gasteiger partial charge in [0.15, 0.2) is 0 Å². The molecule has 0 aliphatic carbocycles. The molecule has 0 aromatic heterocycles. The second-order valence-electron chi connectivity index (χ2n) is 4.05. The fourth-order valence-electron chi connectivity index (χ4n) is 1.76. The van der Waals surface area contributed by atoms with Crippen LogP contribution < -0.4 is 0 Å². The molecular formula is C14H13NO2S. The van der Waals surface area contributed by atoms with Crippen LogP contribution in [0.15, 0.2) is 52.3 Å². The molecule has 0 amide bonds. The lowest BCUT2D eigenvalue weighted by Gasteiger charge is -2.09. The third kappa shape index (κ3) is 2.54. The molecule has 0 aliphatic heterocycles. The fourth-order valence-corrected chi connectivity index (χ4v) is 2.84. The van der Waals surface area contributed by atoms with Crippen LogP contribution in [0.4, 0.5) is 5.69 Å². The van der Waals surface area contributed by atoms with E-state index in [0.717, 1.165) is 16.0 Å². The van der Waals surface area contributed by atoms with Gasteiger partial charge < -0.3 is 0 Å². The molecule has 0 atom stereocenters. The molecule has 0 N–H and O–H groups in total. The number of hydrogen-bond donors (Lipinski definition) is 0. The molecule has 18 heavy (non-hydrogen) atoms. The van der Waals surface area contributed by atoms with Crippen molar-refractivity contribution in [3.05, 3.63) is 63.7 Å². The highest BCUT2D eigenvalue weighted by Gasteiger charge is 2.15. The van der Waals surface area contributed by atoms with Crippen molar-refractivity contribution < 1.29 is 4.92 Å². The van der Waals surface area contributed by atoms with E-state index >= 15 is 0 Å². The molecule has 0 saturated carbocycles. The second-order valence-corrected chi connectivity index (χ2v) is 5.10. The molecule has 0 heterocycles. The molecule has 2 aromatic rings. The maximum atomic E-state index is 11.0. The third-order valence-electron chi connectivity index (χ3n) is 2.68. The summed E-state index contributed by atoms with van der Waals surface area (Å²) in [5.74, 6) is 0. The summed E-state index contributed by atoms with van der Waals surface area (Å²) < 4.78 is 0. The van der Waals surface area contributed by atoms with E-state index < -0.39 is 0 Å². The number of nitro benzene ring substituents is 1. The van der Waals surface area contributed by atoms with Gasteiger partial charge in [-0.2, -0.15) is 0 Å². The van der Waals surface area contributed by atoms with E-state index in [1.54, 1.807) is 12.1 Å². The van der Waals surface area contributed by atoms with E-state index in [0.29, 0.717) is 4.90 Å². The maximum Gasteiger partial charge on any atom is 0.283 e. The first kappa shape index (κ1) is 12.6. The Hall–Kier alpha value is -1.81. The normalized spacial score (nSPS) is 10.3. The zero-order valence-electron chi connectivity index (χ0n) is 10.2. The lowest BCUT2D eigenvalue weighted by molar-refractivity contribution is -0.387. The van der Waals surface area contributed by atoms with Gasteiger partial charge in [-0.15, -0.1) is 0 Å². The van der Waals surface area contributed by atoms with Gasteiger partial charge in [-0.05, 0) is 31.0 Å². The molecule has 2 aromatic carbocycles. The van der Waals surface area contributed by atoms with Crippen LogP contribution in [0, 0.1) is 24.0 Å². The van der Waals surface area contributed by atoms with Gasteiger partial charge in [0.25, 0.3) is 5.69 Å². The Bertz CT molecular complexity index is 576. The summed E-state index contributed by atoms with van der Waals surface area (Å²) in [5.41, 5.74) is 2.43. The molecule has 0 radical (unpaired) electrons. The minimum absolute atomic E-state index is 0.158. The summed E-state index contributed by atoms with van der Waals surface area (Å²) in [6, 6.07) is 12.9. The zero-order chi connectivity index (χ0) is 13.1. The topological polar surface area (TPSA) is 43.1 Å². The van der Waals surface area contributed by atoms with Gasteiger partial charge >= 0.3 is 0 Å². The van der Waals surface area contributed by atoms with E-state index in [9.17, 15) is 10.1 Å². The van der Waals surface area contributed by atoms with Crippen molar-refractivity contribution in [1.29, 1.82) is 0 Å². The molecule has 92 valence electrons. The number of aryl methyl sites for hydroxylation is 2. The van der Waals surface area contributed by atoms with Gasteiger partial charge in [0, 0.05) is 11.0 Å². The summed E-state index contributed by atoms with van der Waals surface area (Å²) in [5, 5.41) is 11.0. The molecular weight excluding hydrogens is 246 g/mol. The first-order valence-corrected chi connectivity index (χ1v) is 6.38. The summed E-state index contributed by atoms with van der Waals surface area (Å²) in [7, 11) is 0. The molecule has 2 rings (SSSR count). The Kier molecular flexibility index (Phi) is 3.67. The molecule has 3 nitrogen and oxygen atoms in total. The van der Waals surface area contributed by atoms with E-state index in [-0.39, 0.29) is 10.6 Å². The number of para-hydroxylation sites is 1. The smallest absolute Gasteiger partial charge is 0.258 e. The lowest BCUT2D eigenvalue weighted by atomic mass is 10.2. The van der Waals surface area contributed by atoms with Crippen molar-refractivity contribution in [3.8, 4) is 0 Å². The predicted molar refractivity (Wildman–Crippen MR) is 73.1 cm³/mol. The van der Waals surface area contributed by atoms with Crippen LogP contribution in [0.2, 0.25) is 0 Å². The van der Waals surface area contributed by atoms with Gasteiger partial charge in [0.05, 0.1) is 9.82 Å². The van der Waals surface area contributed by atoms with Crippen molar-refractivity contribution in [3.63, 3.8) is 0 Å². The number of hydrogen-bond acceptors (Lipinski definition) is 3. The van der Waals surface area contributed by atoms with E-state index in [1.165, 1.54) is 17.8 Å². The lowest BCUT2D eigenvalue weighted by Crippen LogP contribution is -1.91. The molecule has 0 unspecified atom stereocenters. The number of rotatable bonds is 3. The highest BCUT2D eigenvalue weighted by Crippen LogP contribution is 2.37. The van der Waals surface area contributed by atoms with Crippen LogP contribution in [0.3, 0.4) is 0 Å². The van der Waals surface area contributed by atoms with Crippen LogP contribution >= 0.6 is 11.8 Å². The quantitative estimate of drug-likeness (QED) is 0.607. The van der Waals surface area contributed by atoms with Gasteiger partial charge in [-0.25, -0.2) is 0 Å². The highest BCUT2D eigenvalue weighted by molar-refractivity contribution is 7.99. The number of benzene rings is 2. The Morgan fingerprint density at radius 2 is 1.61 bits per heavy atom. The molecule has 0 fully saturated rings. The minimum Gasteiger partial charge on any atom is -0.258 e. The van der Waals surface area contributed by atoms with Crippen LogP contribution in [-0.2, 0) is 0 Å². The highest BCUT2D eigenvalue weighted by atomic mass is 32.2. The van der Waals surface area contributed by atoms with Crippen molar-refractivity contribution in [2.45, 2.75) is 23.6 Å². The standard InChI is InChI=1S/C14H13NO2S/c1-10-6-5-7-11(2)14(10)18-13-9-4-3-8-12(13)15(16)17/h3-9H,1-2H3. The van der Waals surface area contributed by atoms with Crippen LogP contribution in [0.25, 0.3) is 0 Å². The Balaban J connectivity index is 2.43. The number of nitro groups is 1. The first-order chi connectivity index (χ1) is 8.59. The third-order valence-corrected chi connectivity index (χ3v) is 4.10. The molecule has 0 spiro atoms. The Morgan fingerprint density at radius 3 is 2.22 bits per heavy atom. The van der Waals surface area contributed by atoms with Crippen molar-refractivity contribution in [1.82, 2.24) is 0 Å². The number of nitrogens with zero attached hydrogens (tertiary/aromatic N) is 1. The van der Waals surface area contributed by atoms with Crippen LogP contribution in [0.5, 0.6) is 0 Å². The average molecular weight is 259 g/mol. The summed E-state index contributed by atoms with van der Waals surface area (Å²) in [6.07, 6.45) is 0. The van der Waals surface area contributed by atoms with Crippen LogP contribution in [0.1, 0.15) is 11.1 Å². The molecule has 0 aliphatic rings. The van der Waals surface area contributed by atoms with Crippen molar-refractivity contribution in [2.75, 3.05) is 0 Å². The van der Waals surface area contributed by atoms with E-state index in [1.807, 2.05) is 38.1 Å². The first-order valence-electron chi connectivity index (χ1n) is 5.57. The van der Waals surface area contributed by atoms with Crippen molar-refractivity contribution >= 4 is 17.4 Å². The molecule has 0 saturated heterocycles. The molecule has 0 bridgehead atoms. The summed E-state index contributed by atoms with van der Waals surface area (Å²) in [6.45, 7) is 4.04. The van der Waals surface area contributed by atoms with Gasteiger partial charge in [0.2, 0.25) is 0 Å². The van der Waals surface area contributed by atoms with E-state index in [2.05, 4.69) is 0 Å². The monoisotopic (exact) mass is 259 g/mol. The van der Waals surface area contributed by atoms with Gasteiger partial charge in [-0.1, -0.05) is 42.1 Å². The fraction of sp³-hybridized carbons (Fsp3) is 0.143. The molecule has 4 heteroatoms. The largest absolute Gasteiger partial charge is 0.283 e. The maximum absolute atomic E-state index is 11.0.